The number of hydrogen-bond donors (Lipinski definition) is 1. The lowest BCUT2D eigenvalue weighted by Gasteiger charge is -2.03. The van der Waals surface area contributed by atoms with Crippen LogP contribution in [0, 0.1) is 0 Å². The second-order valence-electron chi connectivity index (χ2n) is 5.10. The fourth-order valence-corrected chi connectivity index (χ4v) is 3.39. The van der Waals surface area contributed by atoms with Gasteiger partial charge in [0.15, 0.2) is 0 Å². The number of thiazole rings is 1. The Labute approximate surface area is 142 Å². The zero-order valence-electron chi connectivity index (χ0n) is 12.2. The first-order valence-corrected chi connectivity index (χ1v) is 8.35. The number of fused-ring (bicyclic) bond motifs is 1. The molecule has 0 aliphatic heterocycles. The molecule has 5 heteroatoms. The van der Waals surface area contributed by atoms with E-state index in [1.54, 1.807) is 11.3 Å². The second kappa shape index (κ2) is 6.94. The molecule has 2 aromatic carbocycles. The first kappa shape index (κ1) is 15.7. The largest absolute Gasteiger partial charge is 0.481 e. The molecule has 1 heterocycles. The zero-order valence-corrected chi connectivity index (χ0v) is 13.8. The fourth-order valence-electron chi connectivity index (χ4n) is 2.25. The van der Waals surface area contributed by atoms with Gasteiger partial charge in [-0.15, -0.1) is 11.3 Å². The fraction of sp³-hybridized carbons (Fsp3) is 0.111. The van der Waals surface area contributed by atoms with Crippen molar-refractivity contribution in [2.45, 2.75) is 12.8 Å². The summed E-state index contributed by atoms with van der Waals surface area (Å²) in [5.74, 6) is -0.812. The molecule has 0 amide bonds. The van der Waals surface area contributed by atoms with E-state index in [9.17, 15) is 4.79 Å². The van der Waals surface area contributed by atoms with E-state index in [4.69, 9.17) is 16.7 Å². The van der Waals surface area contributed by atoms with Crippen molar-refractivity contribution in [2.75, 3.05) is 0 Å². The van der Waals surface area contributed by atoms with E-state index in [2.05, 4.69) is 4.98 Å². The van der Waals surface area contributed by atoms with Crippen LogP contribution in [0.5, 0.6) is 0 Å². The highest BCUT2D eigenvalue weighted by Gasteiger charge is 2.11. The number of para-hydroxylation sites is 1. The number of carboxylic acids is 1. The van der Waals surface area contributed by atoms with Crippen LogP contribution >= 0.6 is 22.9 Å². The molecule has 1 N–H and O–H groups in total. The molecule has 0 saturated heterocycles. The lowest BCUT2D eigenvalue weighted by atomic mass is 10.1. The summed E-state index contributed by atoms with van der Waals surface area (Å²) >= 11 is 7.49. The van der Waals surface area contributed by atoms with Gasteiger partial charge in [-0.05, 0) is 47.9 Å². The minimum atomic E-state index is -0.812. The third kappa shape index (κ3) is 3.97. The number of nitrogens with zero attached hydrogens (tertiary/aromatic N) is 1. The predicted molar refractivity (Wildman–Crippen MR) is 95.8 cm³/mol. The van der Waals surface area contributed by atoms with Crippen molar-refractivity contribution in [3.05, 3.63) is 64.1 Å². The third-order valence-electron chi connectivity index (χ3n) is 3.39. The summed E-state index contributed by atoms with van der Waals surface area (Å²) in [5.41, 5.74) is 2.84. The molecule has 0 fully saturated rings. The minimum Gasteiger partial charge on any atom is -0.481 e. The van der Waals surface area contributed by atoms with Crippen LogP contribution in [0.2, 0.25) is 5.02 Å². The number of aromatic nitrogens is 1. The lowest BCUT2D eigenvalue weighted by molar-refractivity contribution is -0.136. The second-order valence-corrected chi connectivity index (χ2v) is 6.57. The van der Waals surface area contributed by atoms with E-state index in [1.165, 1.54) is 0 Å². The van der Waals surface area contributed by atoms with E-state index >= 15 is 0 Å². The molecule has 0 saturated carbocycles. The van der Waals surface area contributed by atoms with Gasteiger partial charge in [0.1, 0.15) is 5.01 Å². The summed E-state index contributed by atoms with van der Waals surface area (Å²) in [5, 5.41) is 10.5. The number of carboxylic acid groups (broad SMARTS) is 1. The predicted octanol–water partition coefficient (Wildman–Crippen LogP) is 5.36. The Morgan fingerprint density at radius 1 is 1.13 bits per heavy atom. The van der Waals surface area contributed by atoms with Gasteiger partial charge in [0.25, 0.3) is 0 Å². The van der Waals surface area contributed by atoms with E-state index in [1.807, 2.05) is 54.6 Å². The van der Waals surface area contributed by atoms with Gasteiger partial charge < -0.3 is 5.11 Å². The Hall–Kier alpha value is -2.17. The number of hydrogen-bond acceptors (Lipinski definition) is 3. The average molecular weight is 344 g/mol. The van der Waals surface area contributed by atoms with Crippen LogP contribution < -0.4 is 0 Å². The van der Waals surface area contributed by atoms with E-state index in [0.29, 0.717) is 11.4 Å². The van der Waals surface area contributed by atoms with E-state index in [0.717, 1.165) is 26.4 Å². The molecule has 0 aliphatic carbocycles. The maximum atomic E-state index is 10.9. The molecule has 0 unspecified atom stereocenters. The van der Waals surface area contributed by atoms with Crippen LogP contribution in [0.25, 0.3) is 21.9 Å². The summed E-state index contributed by atoms with van der Waals surface area (Å²) in [6, 6.07) is 15.4. The zero-order chi connectivity index (χ0) is 16.2. The Morgan fingerprint density at radius 2 is 1.87 bits per heavy atom. The van der Waals surface area contributed by atoms with Gasteiger partial charge in [0, 0.05) is 11.4 Å². The van der Waals surface area contributed by atoms with E-state index in [-0.39, 0.29) is 6.42 Å². The quantitative estimate of drug-likeness (QED) is 0.678. The monoisotopic (exact) mass is 343 g/mol. The summed E-state index contributed by atoms with van der Waals surface area (Å²) in [4.78, 5) is 15.6. The molecule has 0 bridgehead atoms. The van der Waals surface area contributed by atoms with Crippen molar-refractivity contribution < 1.29 is 9.90 Å². The summed E-state index contributed by atoms with van der Waals surface area (Å²) in [6.07, 6.45) is 2.50. The van der Waals surface area contributed by atoms with Crippen LogP contribution in [0.15, 0.2) is 48.5 Å². The number of allylic oxidation sites excluding steroid dienone is 1. The van der Waals surface area contributed by atoms with Crippen LogP contribution in [-0.2, 0) is 4.79 Å². The highest BCUT2D eigenvalue weighted by atomic mass is 35.5. The lowest BCUT2D eigenvalue weighted by Crippen LogP contribution is -1.95. The van der Waals surface area contributed by atoms with Crippen molar-refractivity contribution in [3.8, 4) is 0 Å². The smallest absolute Gasteiger partial charge is 0.303 e. The molecule has 0 radical (unpaired) electrons. The molecule has 116 valence electrons. The Balaban J connectivity index is 2.00. The molecule has 23 heavy (non-hydrogen) atoms. The molecule has 0 aliphatic rings. The molecule has 3 rings (SSSR count). The van der Waals surface area contributed by atoms with Gasteiger partial charge in [0.05, 0.1) is 10.2 Å². The minimum absolute atomic E-state index is 0.0787. The maximum Gasteiger partial charge on any atom is 0.303 e. The Bertz CT molecular complexity index is 835. The molecular formula is C18H14ClNO2S. The van der Waals surface area contributed by atoms with Gasteiger partial charge in [-0.3, -0.25) is 4.79 Å². The summed E-state index contributed by atoms with van der Waals surface area (Å²) in [7, 11) is 0. The number of benzene rings is 2. The summed E-state index contributed by atoms with van der Waals surface area (Å²) < 4.78 is 1.10. The van der Waals surface area contributed by atoms with Gasteiger partial charge in [-0.25, -0.2) is 4.98 Å². The molecule has 0 spiro atoms. The topological polar surface area (TPSA) is 50.2 Å². The highest BCUT2D eigenvalue weighted by molar-refractivity contribution is 7.19. The average Bonchev–Trinajstić information content (AvgIpc) is 2.97. The molecule has 3 aromatic rings. The van der Waals surface area contributed by atoms with E-state index < -0.39 is 5.97 Å². The molecule has 1 aromatic heterocycles. The first-order valence-electron chi connectivity index (χ1n) is 7.16. The number of carbonyl (C=O) groups is 1. The van der Waals surface area contributed by atoms with Gasteiger partial charge >= 0.3 is 5.97 Å². The van der Waals surface area contributed by atoms with Crippen molar-refractivity contribution in [2.24, 2.45) is 0 Å². The van der Waals surface area contributed by atoms with Gasteiger partial charge in [-0.1, -0.05) is 35.9 Å². The van der Waals surface area contributed by atoms with Gasteiger partial charge in [0.2, 0.25) is 0 Å². The highest BCUT2D eigenvalue weighted by Crippen LogP contribution is 2.31. The van der Waals surface area contributed by atoms with Crippen LogP contribution in [0.4, 0.5) is 0 Å². The van der Waals surface area contributed by atoms with Crippen molar-refractivity contribution in [1.29, 1.82) is 0 Å². The molecule has 3 nitrogen and oxygen atoms in total. The van der Waals surface area contributed by atoms with Crippen molar-refractivity contribution in [3.63, 3.8) is 0 Å². The number of aliphatic carboxylic acids is 1. The normalized spacial score (nSPS) is 11.8. The van der Waals surface area contributed by atoms with Crippen molar-refractivity contribution >= 4 is 50.8 Å². The van der Waals surface area contributed by atoms with Crippen LogP contribution in [-0.4, -0.2) is 16.1 Å². The summed E-state index contributed by atoms with van der Waals surface area (Å²) in [6.45, 7) is 0. The van der Waals surface area contributed by atoms with Crippen molar-refractivity contribution in [1.82, 2.24) is 4.98 Å². The number of halogens is 1. The Kier molecular flexibility index (Phi) is 4.74. The molecule has 0 atom stereocenters. The first-order chi connectivity index (χ1) is 11.1. The standard InChI is InChI=1S/C18H14ClNO2S/c19-14-8-5-12(6-9-14)11-13(7-10-17(21)22)18-20-15-3-1-2-4-16(15)23-18/h1-6,8-9,11H,7,10H2,(H,21,22). The van der Waals surface area contributed by atoms with Crippen LogP contribution in [0.1, 0.15) is 23.4 Å². The molecular weight excluding hydrogens is 330 g/mol. The third-order valence-corrected chi connectivity index (χ3v) is 4.75. The van der Waals surface area contributed by atoms with Crippen LogP contribution in [0.3, 0.4) is 0 Å². The maximum absolute atomic E-state index is 10.9. The van der Waals surface area contributed by atoms with Gasteiger partial charge in [-0.2, -0.15) is 0 Å². The number of rotatable bonds is 5. The SMILES string of the molecule is O=C(O)CCC(=Cc1ccc(Cl)cc1)c1nc2ccccc2s1. The Morgan fingerprint density at radius 3 is 2.57 bits per heavy atom.